The van der Waals surface area contributed by atoms with E-state index in [1.165, 1.54) is 0 Å². The number of rotatable bonds is 5. The van der Waals surface area contributed by atoms with Gasteiger partial charge in [-0.15, -0.1) is 0 Å². The highest BCUT2D eigenvalue weighted by Gasteiger charge is 2.49. The van der Waals surface area contributed by atoms with Gasteiger partial charge < -0.3 is 20.3 Å². The van der Waals surface area contributed by atoms with Gasteiger partial charge in [-0.2, -0.15) is 0 Å². The van der Waals surface area contributed by atoms with E-state index in [2.05, 4.69) is 0 Å². The van der Waals surface area contributed by atoms with Gasteiger partial charge in [-0.25, -0.2) is 0 Å². The molecule has 1 unspecified atom stereocenters. The third-order valence-electron chi connectivity index (χ3n) is 3.43. The highest BCUT2D eigenvalue weighted by molar-refractivity contribution is 5.41. The Morgan fingerprint density at radius 1 is 1.41 bits per heavy atom. The molecule has 1 aliphatic carbocycles. The largest absolute Gasteiger partial charge is 0.497 e. The lowest BCUT2D eigenvalue weighted by Crippen LogP contribution is -2.27. The Hall–Kier alpha value is -1.26. The van der Waals surface area contributed by atoms with Crippen LogP contribution in [0.3, 0.4) is 0 Å². The summed E-state index contributed by atoms with van der Waals surface area (Å²) in [5.74, 6) is 1.59. The van der Waals surface area contributed by atoms with Crippen LogP contribution >= 0.6 is 0 Å². The van der Waals surface area contributed by atoms with Crippen molar-refractivity contribution in [3.63, 3.8) is 0 Å². The van der Waals surface area contributed by atoms with Crippen molar-refractivity contribution in [2.75, 3.05) is 14.2 Å². The fourth-order valence-corrected chi connectivity index (χ4v) is 2.00. The quantitative estimate of drug-likeness (QED) is 0.805. The fraction of sp³-hybridized carbons (Fsp3) is 0.538. The van der Waals surface area contributed by atoms with Crippen LogP contribution in [0.4, 0.5) is 0 Å². The summed E-state index contributed by atoms with van der Waals surface area (Å²) in [5.41, 5.74) is 6.68. The molecule has 0 bridgehead atoms. The van der Waals surface area contributed by atoms with Gasteiger partial charge in [0.1, 0.15) is 11.5 Å². The normalized spacial score (nSPS) is 26.7. The molecule has 1 aromatic carbocycles. The van der Waals surface area contributed by atoms with E-state index in [0.717, 1.165) is 29.9 Å². The number of methoxy groups -OCH3 is 2. The van der Waals surface area contributed by atoms with Crippen LogP contribution in [0.2, 0.25) is 0 Å². The molecule has 1 aliphatic rings. The first kappa shape index (κ1) is 12.2. The summed E-state index contributed by atoms with van der Waals surface area (Å²) in [6.45, 7) is 0. The molecule has 17 heavy (non-hydrogen) atoms. The highest BCUT2D eigenvalue weighted by Crippen LogP contribution is 2.38. The molecule has 0 aromatic heterocycles. The number of aryl methyl sites for hydroxylation is 1. The standard InChI is InChI=1S/C13H19NO3/c1-16-10-4-3-9(11(7-10)17-2)5-6-13(14)8-12(13)15/h3-4,7,12,15H,5-6,8,14H2,1-2H3/t12?,13-/m1/s1. The first-order chi connectivity index (χ1) is 8.09. The zero-order valence-corrected chi connectivity index (χ0v) is 10.3. The smallest absolute Gasteiger partial charge is 0.125 e. The molecule has 0 amide bonds. The predicted octanol–water partition coefficient (Wildman–Crippen LogP) is 1.10. The van der Waals surface area contributed by atoms with Gasteiger partial charge in [-0.1, -0.05) is 6.07 Å². The summed E-state index contributed by atoms with van der Waals surface area (Å²) >= 11 is 0. The van der Waals surface area contributed by atoms with E-state index in [9.17, 15) is 5.11 Å². The summed E-state index contributed by atoms with van der Waals surface area (Å²) in [5, 5.41) is 9.40. The molecule has 0 radical (unpaired) electrons. The second kappa shape index (κ2) is 4.55. The Bertz CT molecular complexity index is 408. The van der Waals surface area contributed by atoms with E-state index >= 15 is 0 Å². The lowest BCUT2D eigenvalue weighted by molar-refractivity contribution is 0.244. The molecular formula is C13H19NO3. The molecule has 1 aromatic rings. The predicted molar refractivity (Wildman–Crippen MR) is 65.4 cm³/mol. The van der Waals surface area contributed by atoms with Gasteiger partial charge >= 0.3 is 0 Å². The molecule has 3 N–H and O–H groups in total. The molecule has 4 heteroatoms. The van der Waals surface area contributed by atoms with Gasteiger partial charge in [0.05, 0.1) is 20.3 Å². The summed E-state index contributed by atoms with van der Waals surface area (Å²) in [7, 11) is 3.27. The van der Waals surface area contributed by atoms with Gasteiger partial charge in [-0.3, -0.25) is 0 Å². The van der Waals surface area contributed by atoms with Crippen molar-refractivity contribution < 1.29 is 14.6 Å². The van der Waals surface area contributed by atoms with Crippen molar-refractivity contribution in [3.8, 4) is 11.5 Å². The van der Waals surface area contributed by atoms with Crippen LogP contribution in [0.15, 0.2) is 18.2 Å². The van der Waals surface area contributed by atoms with Crippen LogP contribution in [-0.2, 0) is 6.42 Å². The Kier molecular flexibility index (Phi) is 3.26. The number of ether oxygens (including phenoxy) is 2. The summed E-state index contributed by atoms with van der Waals surface area (Å²) < 4.78 is 10.5. The molecule has 4 nitrogen and oxygen atoms in total. The first-order valence-corrected chi connectivity index (χ1v) is 5.77. The molecule has 0 spiro atoms. The number of aliphatic hydroxyl groups is 1. The number of hydrogen-bond donors (Lipinski definition) is 2. The molecule has 1 saturated carbocycles. The van der Waals surface area contributed by atoms with Gasteiger partial charge in [0.15, 0.2) is 0 Å². The number of nitrogens with two attached hydrogens (primary N) is 1. The number of benzene rings is 1. The maximum atomic E-state index is 9.40. The lowest BCUT2D eigenvalue weighted by Gasteiger charge is -2.13. The van der Waals surface area contributed by atoms with Gasteiger partial charge in [0.25, 0.3) is 0 Å². The van der Waals surface area contributed by atoms with E-state index in [-0.39, 0.29) is 11.6 Å². The third-order valence-corrected chi connectivity index (χ3v) is 3.43. The average molecular weight is 237 g/mol. The van der Waals surface area contributed by atoms with Gasteiger partial charge in [0.2, 0.25) is 0 Å². The Morgan fingerprint density at radius 2 is 2.12 bits per heavy atom. The molecule has 2 rings (SSSR count). The highest BCUT2D eigenvalue weighted by atomic mass is 16.5. The molecule has 0 saturated heterocycles. The zero-order valence-electron chi connectivity index (χ0n) is 10.3. The average Bonchev–Trinajstić information content (AvgIpc) is 2.94. The molecule has 94 valence electrons. The van der Waals surface area contributed by atoms with Crippen molar-refractivity contribution in [1.82, 2.24) is 0 Å². The molecule has 1 fully saturated rings. The van der Waals surface area contributed by atoms with Crippen LogP contribution in [0.1, 0.15) is 18.4 Å². The van der Waals surface area contributed by atoms with Crippen molar-refractivity contribution >= 4 is 0 Å². The Morgan fingerprint density at radius 3 is 2.65 bits per heavy atom. The third kappa shape index (κ3) is 2.53. The van der Waals surface area contributed by atoms with Crippen LogP contribution in [0.25, 0.3) is 0 Å². The van der Waals surface area contributed by atoms with E-state index in [0.29, 0.717) is 6.42 Å². The minimum atomic E-state index is -0.384. The van der Waals surface area contributed by atoms with Crippen LogP contribution in [0, 0.1) is 0 Å². The van der Waals surface area contributed by atoms with E-state index in [1.807, 2.05) is 18.2 Å². The van der Waals surface area contributed by atoms with E-state index in [1.54, 1.807) is 14.2 Å². The second-order valence-corrected chi connectivity index (χ2v) is 4.63. The van der Waals surface area contributed by atoms with Crippen molar-refractivity contribution in [3.05, 3.63) is 23.8 Å². The molecule has 0 aliphatic heterocycles. The Labute approximate surface area is 101 Å². The minimum Gasteiger partial charge on any atom is -0.497 e. The molecular weight excluding hydrogens is 218 g/mol. The van der Waals surface area contributed by atoms with Crippen LogP contribution in [0.5, 0.6) is 11.5 Å². The summed E-state index contributed by atoms with van der Waals surface area (Å²) in [4.78, 5) is 0. The maximum absolute atomic E-state index is 9.40. The lowest BCUT2D eigenvalue weighted by atomic mass is 10.0. The van der Waals surface area contributed by atoms with Crippen molar-refractivity contribution in [2.45, 2.75) is 30.9 Å². The molecule has 2 atom stereocenters. The van der Waals surface area contributed by atoms with E-state index < -0.39 is 0 Å². The Balaban J connectivity index is 2.05. The van der Waals surface area contributed by atoms with Crippen LogP contribution < -0.4 is 15.2 Å². The topological polar surface area (TPSA) is 64.7 Å². The van der Waals surface area contributed by atoms with Crippen molar-refractivity contribution in [1.29, 1.82) is 0 Å². The zero-order chi connectivity index (χ0) is 12.5. The fourth-order valence-electron chi connectivity index (χ4n) is 2.00. The summed E-state index contributed by atoms with van der Waals surface area (Å²) in [6, 6.07) is 5.75. The monoisotopic (exact) mass is 237 g/mol. The van der Waals surface area contributed by atoms with Crippen LogP contribution in [-0.4, -0.2) is 31.0 Å². The van der Waals surface area contributed by atoms with E-state index in [4.69, 9.17) is 15.2 Å². The number of hydrogen-bond acceptors (Lipinski definition) is 4. The molecule has 0 heterocycles. The van der Waals surface area contributed by atoms with Crippen molar-refractivity contribution in [2.24, 2.45) is 5.73 Å². The number of aliphatic hydroxyl groups excluding tert-OH is 1. The van der Waals surface area contributed by atoms with Gasteiger partial charge in [-0.05, 0) is 30.9 Å². The first-order valence-electron chi connectivity index (χ1n) is 5.77. The SMILES string of the molecule is COc1ccc(CC[C@@]2(N)CC2O)c(OC)c1. The maximum Gasteiger partial charge on any atom is 0.125 e. The summed E-state index contributed by atoms with van der Waals surface area (Å²) in [6.07, 6.45) is 1.94. The second-order valence-electron chi connectivity index (χ2n) is 4.63. The minimum absolute atomic E-state index is 0.341. The van der Waals surface area contributed by atoms with Gasteiger partial charge in [0, 0.05) is 11.6 Å².